The Morgan fingerprint density at radius 2 is 2.16 bits per heavy atom. The molecule has 0 saturated carbocycles. The molecular weight excluding hydrogens is 320 g/mol. The van der Waals surface area contributed by atoms with Crippen molar-refractivity contribution in [2.24, 2.45) is 5.92 Å². The van der Waals surface area contributed by atoms with Crippen molar-refractivity contribution in [2.75, 3.05) is 13.2 Å². The fraction of sp³-hybridized carbons (Fsp3) is 0.389. The van der Waals surface area contributed by atoms with Crippen molar-refractivity contribution >= 4 is 16.8 Å². The summed E-state index contributed by atoms with van der Waals surface area (Å²) in [5.74, 6) is 1.09. The molecule has 1 aromatic carbocycles. The zero-order valence-corrected chi connectivity index (χ0v) is 14.0. The number of aromatic nitrogens is 3. The number of carbonyl (C=O) groups is 1. The van der Waals surface area contributed by atoms with Gasteiger partial charge in [0.05, 0.1) is 0 Å². The highest BCUT2D eigenvalue weighted by atomic mass is 16.5. The second-order valence-corrected chi connectivity index (χ2v) is 6.33. The van der Waals surface area contributed by atoms with Gasteiger partial charge in [-0.2, -0.15) is 4.98 Å². The summed E-state index contributed by atoms with van der Waals surface area (Å²) in [5, 5.41) is 7.89. The molecule has 0 spiro atoms. The second kappa shape index (κ2) is 6.68. The maximum atomic E-state index is 12.9. The van der Waals surface area contributed by atoms with E-state index in [-0.39, 0.29) is 17.9 Å². The molecule has 0 bridgehead atoms. The van der Waals surface area contributed by atoms with Gasteiger partial charge in [-0.3, -0.25) is 4.79 Å². The molecule has 2 aromatic heterocycles. The SMILES string of the molecule is Cc1noc(C(NC(=O)c2cccc3[nH]ccc23)C2CCOCC2)n1. The first-order valence-corrected chi connectivity index (χ1v) is 8.47. The van der Waals surface area contributed by atoms with Gasteiger partial charge in [-0.1, -0.05) is 11.2 Å². The monoisotopic (exact) mass is 340 g/mol. The fourth-order valence-corrected chi connectivity index (χ4v) is 3.37. The van der Waals surface area contributed by atoms with Crippen LogP contribution in [0, 0.1) is 12.8 Å². The van der Waals surface area contributed by atoms with Gasteiger partial charge in [-0.15, -0.1) is 0 Å². The van der Waals surface area contributed by atoms with Crippen LogP contribution in [-0.2, 0) is 4.74 Å². The molecule has 1 unspecified atom stereocenters. The molecule has 1 aliphatic rings. The van der Waals surface area contributed by atoms with Gasteiger partial charge >= 0.3 is 0 Å². The van der Waals surface area contributed by atoms with E-state index in [4.69, 9.17) is 9.26 Å². The Balaban J connectivity index is 1.63. The number of hydrogen-bond donors (Lipinski definition) is 2. The molecule has 7 nitrogen and oxygen atoms in total. The van der Waals surface area contributed by atoms with Crippen molar-refractivity contribution in [1.82, 2.24) is 20.4 Å². The Morgan fingerprint density at radius 3 is 2.92 bits per heavy atom. The van der Waals surface area contributed by atoms with Crippen LogP contribution in [0.2, 0.25) is 0 Å². The van der Waals surface area contributed by atoms with Crippen LogP contribution >= 0.6 is 0 Å². The molecule has 1 atom stereocenters. The van der Waals surface area contributed by atoms with Gasteiger partial charge in [-0.25, -0.2) is 0 Å². The Morgan fingerprint density at radius 1 is 1.32 bits per heavy atom. The summed E-state index contributed by atoms with van der Waals surface area (Å²) >= 11 is 0. The average molecular weight is 340 g/mol. The van der Waals surface area contributed by atoms with Gasteiger partial charge in [0, 0.05) is 35.9 Å². The van der Waals surface area contributed by atoms with E-state index < -0.39 is 0 Å². The van der Waals surface area contributed by atoms with Crippen molar-refractivity contribution in [3.63, 3.8) is 0 Å². The number of ether oxygens (including phenoxy) is 1. The van der Waals surface area contributed by atoms with E-state index in [1.54, 1.807) is 6.92 Å². The molecule has 0 radical (unpaired) electrons. The van der Waals surface area contributed by atoms with Gasteiger partial charge in [0.15, 0.2) is 5.82 Å². The average Bonchev–Trinajstić information content (AvgIpc) is 3.28. The molecule has 0 aliphatic carbocycles. The zero-order chi connectivity index (χ0) is 17.2. The topological polar surface area (TPSA) is 93.0 Å². The maximum absolute atomic E-state index is 12.9. The van der Waals surface area contributed by atoms with Crippen molar-refractivity contribution in [3.8, 4) is 0 Å². The lowest BCUT2D eigenvalue weighted by atomic mass is 9.91. The van der Waals surface area contributed by atoms with E-state index in [0.717, 1.165) is 23.7 Å². The van der Waals surface area contributed by atoms with Crippen LogP contribution in [0.5, 0.6) is 0 Å². The standard InChI is InChI=1S/C18H20N4O3/c1-11-20-18(25-22-11)16(12-6-9-24-10-7-12)21-17(23)14-3-2-4-15-13(14)5-8-19-15/h2-5,8,12,16,19H,6-7,9-10H2,1H3,(H,21,23). The molecule has 1 fully saturated rings. The smallest absolute Gasteiger partial charge is 0.252 e. The number of rotatable bonds is 4. The van der Waals surface area contributed by atoms with Crippen LogP contribution in [0.4, 0.5) is 0 Å². The predicted octanol–water partition coefficient (Wildman–Crippen LogP) is 2.76. The third kappa shape index (κ3) is 3.15. The summed E-state index contributed by atoms with van der Waals surface area (Å²) in [4.78, 5) is 20.4. The van der Waals surface area contributed by atoms with E-state index in [1.807, 2.05) is 30.5 Å². The highest BCUT2D eigenvalue weighted by Crippen LogP contribution is 2.30. The zero-order valence-electron chi connectivity index (χ0n) is 14.0. The van der Waals surface area contributed by atoms with Crippen molar-refractivity contribution in [3.05, 3.63) is 47.7 Å². The molecule has 1 aliphatic heterocycles. The molecule has 4 rings (SSSR count). The quantitative estimate of drug-likeness (QED) is 0.762. The fourth-order valence-electron chi connectivity index (χ4n) is 3.37. The van der Waals surface area contributed by atoms with E-state index in [0.29, 0.717) is 30.5 Å². The molecule has 25 heavy (non-hydrogen) atoms. The van der Waals surface area contributed by atoms with Gasteiger partial charge < -0.3 is 19.6 Å². The summed E-state index contributed by atoms with van der Waals surface area (Å²) in [7, 11) is 0. The Hall–Kier alpha value is -2.67. The lowest BCUT2D eigenvalue weighted by Gasteiger charge is -2.28. The number of hydrogen-bond acceptors (Lipinski definition) is 5. The Bertz CT molecular complexity index is 879. The number of amides is 1. The van der Waals surface area contributed by atoms with E-state index in [1.165, 1.54) is 0 Å². The summed E-state index contributed by atoms with van der Waals surface area (Å²) in [5.41, 5.74) is 1.57. The van der Waals surface area contributed by atoms with Crippen molar-refractivity contribution in [2.45, 2.75) is 25.8 Å². The lowest BCUT2D eigenvalue weighted by molar-refractivity contribution is 0.0468. The molecule has 7 heteroatoms. The molecule has 1 saturated heterocycles. The maximum Gasteiger partial charge on any atom is 0.252 e. The minimum absolute atomic E-state index is 0.141. The number of carbonyl (C=O) groups excluding carboxylic acids is 1. The molecule has 1 amide bonds. The first kappa shape index (κ1) is 15.8. The van der Waals surface area contributed by atoms with E-state index in [2.05, 4.69) is 20.4 Å². The lowest BCUT2D eigenvalue weighted by Crippen LogP contribution is -2.36. The first-order chi connectivity index (χ1) is 12.2. The summed E-state index contributed by atoms with van der Waals surface area (Å²) in [6.07, 6.45) is 3.53. The molecular formula is C18H20N4O3. The van der Waals surface area contributed by atoms with Crippen LogP contribution in [0.15, 0.2) is 35.0 Å². The number of fused-ring (bicyclic) bond motifs is 1. The van der Waals surface area contributed by atoms with Gasteiger partial charge in [0.25, 0.3) is 5.91 Å². The third-order valence-corrected chi connectivity index (χ3v) is 4.67. The largest absolute Gasteiger partial charge is 0.381 e. The molecule has 130 valence electrons. The number of aromatic amines is 1. The van der Waals surface area contributed by atoms with Gasteiger partial charge in [0.1, 0.15) is 6.04 Å². The summed E-state index contributed by atoms with van der Waals surface area (Å²) in [6, 6.07) is 7.24. The highest BCUT2D eigenvalue weighted by molar-refractivity contribution is 6.06. The Labute approximate surface area is 144 Å². The van der Waals surface area contributed by atoms with Crippen LogP contribution in [0.3, 0.4) is 0 Å². The number of nitrogens with zero attached hydrogens (tertiary/aromatic N) is 2. The molecule has 3 heterocycles. The number of aryl methyl sites for hydroxylation is 1. The second-order valence-electron chi connectivity index (χ2n) is 6.33. The summed E-state index contributed by atoms with van der Waals surface area (Å²) in [6.45, 7) is 3.13. The van der Waals surface area contributed by atoms with Gasteiger partial charge in [-0.05, 0) is 43.9 Å². The normalized spacial score (nSPS) is 16.8. The number of benzene rings is 1. The predicted molar refractivity (Wildman–Crippen MR) is 91.1 cm³/mol. The van der Waals surface area contributed by atoms with E-state index in [9.17, 15) is 4.79 Å². The van der Waals surface area contributed by atoms with Crippen LogP contribution in [0.25, 0.3) is 10.9 Å². The van der Waals surface area contributed by atoms with Crippen LogP contribution in [-0.4, -0.2) is 34.2 Å². The highest BCUT2D eigenvalue weighted by Gasteiger charge is 2.31. The molecule has 3 aromatic rings. The third-order valence-electron chi connectivity index (χ3n) is 4.67. The van der Waals surface area contributed by atoms with Crippen molar-refractivity contribution in [1.29, 1.82) is 0 Å². The Kier molecular flexibility index (Phi) is 4.23. The number of nitrogens with one attached hydrogen (secondary N) is 2. The van der Waals surface area contributed by atoms with Crippen LogP contribution < -0.4 is 5.32 Å². The summed E-state index contributed by atoms with van der Waals surface area (Å²) < 4.78 is 10.8. The minimum atomic E-state index is -0.313. The molecule has 2 N–H and O–H groups in total. The number of H-pyrrole nitrogens is 1. The first-order valence-electron chi connectivity index (χ1n) is 8.47. The van der Waals surface area contributed by atoms with Gasteiger partial charge in [0.2, 0.25) is 5.89 Å². The van der Waals surface area contributed by atoms with E-state index >= 15 is 0 Å². The minimum Gasteiger partial charge on any atom is -0.381 e. The van der Waals surface area contributed by atoms with Crippen molar-refractivity contribution < 1.29 is 14.1 Å². The van der Waals surface area contributed by atoms with Crippen LogP contribution in [0.1, 0.15) is 41.0 Å².